The van der Waals surface area contributed by atoms with Gasteiger partial charge in [-0.2, -0.15) is 0 Å². The molecular formula is C16H28O4. The van der Waals surface area contributed by atoms with Gasteiger partial charge in [0.05, 0.1) is 12.7 Å². The summed E-state index contributed by atoms with van der Waals surface area (Å²) in [6.07, 6.45) is 9.44. The molecule has 0 aliphatic heterocycles. The molecule has 0 amide bonds. The Morgan fingerprint density at radius 2 is 1.60 bits per heavy atom. The summed E-state index contributed by atoms with van der Waals surface area (Å²) in [6, 6.07) is 0. The van der Waals surface area contributed by atoms with E-state index in [9.17, 15) is 9.59 Å². The number of unbranched alkanes of at least 4 members (excludes halogenated alkanes) is 4. The molecule has 0 bridgehead atoms. The largest absolute Gasteiger partial charge is 0.463 e. The van der Waals surface area contributed by atoms with Gasteiger partial charge in [0, 0.05) is 12.2 Å². The number of esters is 2. The summed E-state index contributed by atoms with van der Waals surface area (Å²) in [5.41, 5.74) is 0. The van der Waals surface area contributed by atoms with Gasteiger partial charge in [0.15, 0.2) is 0 Å². The quantitative estimate of drug-likeness (QED) is 0.329. The van der Waals surface area contributed by atoms with Crippen LogP contribution in [0.3, 0.4) is 0 Å². The molecular weight excluding hydrogens is 256 g/mol. The van der Waals surface area contributed by atoms with Crippen molar-refractivity contribution < 1.29 is 19.1 Å². The summed E-state index contributed by atoms with van der Waals surface area (Å²) >= 11 is 0. The van der Waals surface area contributed by atoms with E-state index < -0.39 is 11.9 Å². The molecule has 1 atom stereocenters. The maximum atomic E-state index is 11.5. The Morgan fingerprint density at radius 3 is 2.25 bits per heavy atom. The first kappa shape index (κ1) is 18.7. The van der Waals surface area contributed by atoms with Crippen molar-refractivity contribution in [1.82, 2.24) is 0 Å². The van der Waals surface area contributed by atoms with Crippen LogP contribution in [-0.2, 0) is 19.1 Å². The second kappa shape index (κ2) is 12.7. The van der Waals surface area contributed by atoms with Gasteiger partial charge in [0.2, 0.25) is 0 Å². The van der Waals surface area contributed by atoms with Gasteiger partial charge < -0.3 is 9.47 Å². The van der Waals surface area contributed by atoms with Gasteiger partial charge in [-0.1, -0.05) is 39.5 Å². The van der Waals surface area contributed by atoms with E-state index >= 15 is 0 Å². The minimum Gasteiger partial charge on any atom is -0.463 e. The molecule has 0 saturated carbocycles. The summed E-state index contributed by atoms with van der Waals surface area (Å²) in [5.74, 6) is -0.980. The molecule has 0 aliphatic rings. The van der Waals surface area contributed by atoms with Crippen LogP contribution in [-0.4, -0.2) is 24.6 Å². The molecule has 4 nitrogen and oxygen atoms in total. The van der Waals surface area contributed by atoms with Crippen molar-refractivity contribution >= 4 is 11.9 Å². The Balaban J connectivity index is 3.76. The van der Waals surface area contributed by atoms with E-state index in [-0.39, 0.29) is 6.10 Å². The SMILES string of the molecule is CCCCCCC(C)OC(=O)/C=C/C(=O)OCCCC. The summed E-state index contributed by atoms with van der Waals surface area (Å²) in [5, 5.41) is 0. The summed E-state index contributed by atoms with van der Waals surface area (Å²) in [4.78, 5) is 22.7. The fourth-order valence-corrected chi connectivity index (χ4v) is 1.66. The van der Waals surface area contributed by atoms with Crippen molar-refractivity contribution in [2.24, 2.45) is 0 Å². The fourth-order valence-electron chi connectivity index (χ4n) is 1.66. The predicted molar refractivity (Wildman–Crippen MR) is 79.3 cm³/mol. The monoisotopic (exact) mass is 284 g/mol. The molecule has 0 heterocycles. The molecule has 0 aromatic heterocycles. The maximum absolute atomic E-state index is 11.5. The van der Waals surface area contributed by atoms with Gasteiger partial charge in [-0.05, 0) is 26.2 Å². The molecule has 0 rings (SSSR count). The second-order valence-corrected chi connectivity index (χ2v) is 4.95. The van der Waals surface area contributed by atoms with Gasteiger partial charge in [-0.3, -0.25) is 0 Å². The predicted octanol–water partition coefficient (Wildman–Crippen LogP) is 3.79. The first-order valence-corrected chi connectivity index (χ1v) is 7.65. The number of carbonyl (C=O) groups excluding carboxylic acids is 2. The third-order valence-corrected chi connectivity index (χ3v) is 2.88. The van der Waals surface area contributed by atoms with E-state index in [2.05, 4.69) is 6.92 Å². The Hall–Kier alpha value is -1.32. The highest BCUT2D eigenvalue weighted by molar-refractivity contribution is 5.91. The van der Waals surface area contributed by atoms with Crippen LogP contribution in [0.4, 0.5) is 0 Å². The summed E-state index contributed by atoms with van der Waals surface area (Å²) in [7, 11) is 0. The van der Waals surface area contributed by atoms with Crippen molar-refractivity contribution in [3.63, 3.8) is 0 Å². The average molecular weight is 284 g/mol. The molecule has 4 heteroatoms. The highest BCUT2D eigenvalue weighted by Gasteiger charge is 2.07. The molecule has 20 heavy (non-hydrogen) atoms. The maximum Gasteiger partial charge on any atom is 0.331 e. The second-order valence-electron chi connectivity index (χ2n) is 4.95. The van der Waals surface area contributed by atoms with Gasteiger partial charge >= 0.3 is 11.9 Å². The van der Waals surface area contributed by atoms with Crippen LogP contribution < -0.4 is 0 Å². The highest BCUT2D eigenvalue weighted by Crippen LogP contribution is 2.08. The summed E-state index contributed by atoms with van der Waals surface area (Å²) in [6.45, 7) is 6.44. The molecule has 0 radical (unpaired) electrons. The van der Waals surface area contributed by atoms with E-state index in [0.717, 1.165) is 44.3 Å². The van der Waals surface area contributed by atoms with E-state index in [4.69, 9.17) is 9.47 Å². The lowest BCUT2D eigenvalue weighted by Crippen LogP contribution is -2.13. The molecule has 0 aromatic rings. The van der Waals surface area contributed by atoms with Crippen LogP contribution in [0.15, 0.2) is 12.2 Å². The molecule has 1 unspecified atom stereocenters. The minimum atomic E-state index is -0.494. The molecule has 116 valence electrons. The van der Waals surface area contributed by atoms with Crippen LogP contribution >= 0.6 is 0 Å². The van der Waals surface area contributed by atoms with Gasteiger partial charge in [-0.25, -0.2) is 9.59 Å². The number of carbonyl (C=O) groups is 2. The lowest BCUT2D eigenvalue weighted by atomic mass is 10.1. The van der Waals surface area contributed by atoms with Crippen LogP contribution in [0.1, 0.15) is 65.7 Å². The zero-order chi connectivity index (χ0) is 15.2. The van der Waals surface area contributed by atoms with Crippen molar-refractivity contribution in [2.75, 3.05) is 6.61 Å². The van der Waals surface area contributed by atoms with Crippen LogP contribution in [0, 0.1) is 0 Å². The highest BCUT2D eigenvalue weighted by atomic mass is 16.5. The molecule has 0 N–H and O–H groups in total. The Morgan fingerprint density at radius 1 is 0.950 bits per heavy atom. The van der Waals surface area contributed by atoms with Crippen LogP contribution in [0.25, 0.3) is 0 Å². The lowest BCUT2D eigenvalue weighted by Gasteiger charge is -2.11. The molecule has 0 spiro atoms. The summed E-state index contributed by atoms with van der Waals surface area (Å²) < 4.78 is 10.1. The Labute approximate surface area is 122 Å². The Kier molecular flexibility index (Phi) is 11.9. The number of hydrogen-bond donors (Lipinski definition) is 0. The number of rotatable bonds is 11. The van der Waals surface area contributed by atoms with Crippen molar-refractivity contribution in [3.05, 3.63) is 12.2 Å². The Bertz CT molecular complexity index is 297. The van der Waals surface area contributed by atoms with Crippen molar-refractivity contribution in [2.45, 2.75) is 71.8 Å². The molecule has 0 aliphatic carbocycles. The zero-order valence-corrected chi connectivity index (χ0v) is 13.0. The van der Waals surface area contributed by atoms with Crippen molar-refractivity contribution in [3.8, 4) is 0 Å². The lowest BCUT2D eigenvalue weighted by molar-refractivity contribution is -0.143. The topological polar surface area (TPSA) is 52.6 Å². The minimum absolute atomic E-state index is 0.111. The van der Waals surface area contributed by atoms with E-state index in [1.807, 2.05) is 13.8 Å². The smallest absolute Gasteiger partial charge is 0.331 e. The standard InChI is InChI=1S/C16H28O4/c1-4-6-8-9-10-14(3)20-16(18)12-11-15(17)19-13-7-5-2/h11-12,14H,4-10,13H2,1-3H3/b12-11+. The zero-order valence-electron chi connectivity index (χ0n) is 13.0. The first-order valence-electron chi connectivity index (χ1n) is 7.65. The average Bonchev–Trinajstić information content (AvgIpc) is 2.42. The molecule has 0 fully saturated rings. The van der Waals surface area contributed by atoms with Crippen LogP contribution in [0.2, 0.25) is 0 Å². The third-order valence-electron chi connectivity index (χ3n) is 2.88. The van der Waals surface area contributed by atoms with E-state index in [1.165, 1.54) is 12.8 Å². The number of ether oxygens (including phenoxy) is 2. The van der Waals surface area contributed by atoms with Crippen LogP contribution in [0.5, 0.6) is 0 Å². The van der Waals surface area contributed by atoms with Gasteiger partial charge in [-0.15, -0.1) is 0 Å². The third kappa shape index (κ3) is 11.8. The fraction of sp³-hybridized carbons (Fsp3) is 0.750. The first-order chi connectivity index (χ1) is 9.60. The number of hydrogen-bond acceptors (Lipinski definition) is 4. The van der Waals surface area contributed by atoms with Crippen molar-refractivity contribution in [1.29, 1.82) is 0 Å². The normalized spacial score (nSPS) is 12.3. The van der Waals surface area contributed by atoms with E-state index in [1.54, 1.807) is 0 Å². The van der Waals surface area contributed by atoms with Gasteiger partial charge in [0.25, 0.3) is 0 Å². The molecule has 0 saturated heterocycles. The van der Waals surface area contributed by atoms with E-state index in [0.29, 0.717) is 6.61 Å². The van der Waals surface area contributed by atoms with Gasteiger partial charge in [0.1, 0.15) is 0 Å². The molecule has 0 aromatic carbocycles.